The third-order valence-electron chi connectivity index (χ3n) is 2.08. The predicted molar refractivity (Wildman–Crippen MR) is 58.6 cm³/mol. The van der Waals surface area contributed by atoms with Crippen molar-refractivity contribution in [2.75, 3.05) is 20.8 Å². The van der Waals surface area contributed by atoms with Crippen molar-refractivity contribution in [2.24, 2.45) is 5.73 Å². The topological polar surface area (TPSA) is 64.7 Å². The fourth-order valence-electron chi connectivity index (χ4n) is 1.26. The molecule has 1 unspecified atom stereocenters. The van der Waals surface area contributed by atoms with Crippen LogP contribution in [0.5, 0.6) is 11.5 Å². The maximum Gasteiger partial charge on any atom is 0.179 e. The van der Waals surface area contributed by atoms with E-state index >= 15 is 0 Å². The number of ether oxygens (including phenoxy) is 2. The lowest BCUT2D eigenvalue weighted by molar-refractivity contribution is 0.267. The lowest BCUT2D eigenvalue weighted by Crippen LogP contribution is -2.14. The van der Waals surface area contributed by atoms with Crippen molar-refractivity contribution in [1.29, 1.82) is 0 Å². The second-order valence-corrected chi connectivity index (χ2v) is 3.43. The van der Waals surface area contributed by atoms with Gasteiger partial charge < -0.3 is 20.3 Å². The first kappa shape index (κ1) is 12.1. The summed E-state index contributed by atoms with van der Waals surface area (Å²) in [7, 11) is 3.03. The van der Waals surface area contributed by atoms with Gasteiger partial charge in [-0.25, -0.2) is 0 Å². The Hall–Kier alpha value is -0.970. The summed E-state index contributed by atoms with van der Waals surface area (Å²) in [5, 5.41) is 9.34. The fourth-order valence-corrected chi connectivity index (χ4v) is 1.55. The molecule has 4 nitrogen and oxygen atoms in total. The van der Waals surface area contributed by atoms with Gasteiger partial charge in [-0.1, -0.05) is 11.6 Å². The molecule has 1 aromatic carbocycles. The molecule has 0 saturated carbocycles. The molecule has 0 amide bonds. The molecule has 0 aromatic heterocycles. The van der Waals surface area contributed by atoms with Gasteiger partial charge in [-0.15, -0.1) is 0 Å². The number of benzene rings is 1. The van der Waals surface area contributed by atoms with E-state index in [9.17, 15) is 0 Å². The molecule has 0 fully saturated rings. The van der Waals surface area contributed by atoms with E-state index in [0.29, 0.717) is 22.1 Å². The standard InChI is InChI=1S/C10H14ClNO3/c1-14-9-4-6(8(12)5-13)3-7(11)10(9)15-2/h3-4,8,13H,5,12H2,1-2H3. The molecule has 0 aliphatic carbocycles. The molecule has 0 aliphatic rings. The highest BCUT2D eigenvalue weighted by atomic mass is 35.5. The number of nitrogens with two attached hydrogens (primary N) is 1. The van der Waals surface area contributed by atoms with Crippen molar-refractivity contribution in [3.63, 3.8) is 0 Å². The molecule has 0 heterocycles. The van der Waals surface area contributed by atoms with Crippen LogP contribution in [0.15, 0.2) is 12.1 Å². The van der Waals surface area contributed by atoms with E-state index in [1.807, 2.05) is 0 Å². The first-order valence-corrected chi connectivity index (χ1v) is 4.79. The number of hydrogen-bond acceptors (Lipinski definition) is 4. The summed E-state index contributed by atoms with van der Waals surface area (Å²) < 4.78 is 10.2. The van der Waals surface area contributed by atoms with Crippen molar-refractivity contribution < 1.29 is 14.6 Å². The van der Waals surface area contributed by atoms with Crippen LogP contribution in [0.25, 0.3) is 0 Å². The number of halogens is 1. The zero-order valence-electron chi connectivity index (χ0n) is 8.66. The first-order valence-electron chi connectivity index (χ1n) is 4.41. The Labute approximate surface area is 93.6 Å². The lowest BCUT2D eigenvalue weighted by Gasteiger charge is -2.14. The molecule has 0 radical (unpaired) electrons. The quantitative estimate of drug-likeness (QED) is 0.821. The Morgan fingerprint density at radius 3 is 2.53 bits per heavy atom. The Morgan fingerprint density at radius 1 is 1.40 bits per heavy atom. The van der Waals surface area contributed by atoms with Gasteiger partial charge in [-0.3, -0.25) is 0 Å². The maximum atomic E-state index is 8.93. The van der Waals surface area contributed by atoms with E-state index in [1.165, 1.54) is 14.2 Å². The van der Waals surface area contributed by atoms with Gasteiger partial charge in [0.25, 0.3) is 0 Å². The summed E-state index contributed by atoms with van der Waals surface area (Å²) in [5.41, 5.74) is 6.38. The number of aliphatic hydroxyl groups excluding tert-OH is 1. The minimum absolute atomic E-state index is 0.147. The van der Waals surface area contributed by atoms with Crippen LogP contribution in [-0.4, -0.2) is 25.9 Å². The highest BCUT2D eigenvalue weighted by Crippen LogP contribution is 2.37. The SMILES string of the molecule is COc1cc(C(N)CO)cc(Cl)c1OC. The Kier molecular flexibility index (Phi) is 4.20. The molecule has 15 heavy (non-hydrogen) atoms. The summed E-state index contributed by atoms with van der Waals surface area (Å²) in [6.45, 7) is -0.147. The monoisotopic (exact) mass is 231 g/mol. The van der Waals surface area contributed by atoms with Gasteiger partial charge in [0.2, 0.25) is 0 Å². The third-order valence-corrected chi connectivity index (χ3v) is 2.36. The van der Waals surface area contributed by atoms with Crippen LogP contribution in [-0.2, 0) is 0 Å². The summed E-state index contributed by atoms with van der Waals surface area (Å²) in [4.78, 5) is 0. The van der Waals surface area contributed by atoms with Crippen molar-refractivity contribution in [2.45, 2.75) is 6.04 Å². The van der Waals surface area contributed by atoms with Crippen molar-refractivity contribution >= 4 is 11.6 Å². The van der Waals surface area contributed by atoms with Gasteiger partial charge in [0.1, 0.15) is 0 Å². The molecule has 1 rings (SSSR count). The smallest absolute Gasteiger partial charge is 0.179 e. The average molecular weight is 232 g/mol. The summed E-state index contributed by atoms with van der Waals surface area (Å²) in [5.74, 6) is 0.969. The second kappa shape index (κ2) is 5.21. The zero-order valence-corrected chi connectivity index (χ0v) is 9.41. The Balaban J connectivity index is 3.19. The Bertz CT molecular complexity index is 344. The first-order chi connectivity index (χ1) is 7.13. The van der Waals surface area contributed by atoms with Gasteiger partial charge in [0.05, 0.1) is 31.9 Å². The second-order valence-electron chi connectivity index (χ2n) is 3.03. The normalized spacial score (nSPS) is 12.3. The molecule has 0 spiro atoms. The maximum absolute atomic E-state index is 8.93. The van der Waals surface area contributed by atoms with E-state index < -0.39 is 6.04 Å². The fraction of sp³-hybridized carbons (Fsp3) is 0.400. The van der Waals surface area contributed by atoms with Crippen molar-refractivity contribution in [3.8, 4) is 11.5 Å². The molecule has 84 valence electrons. The van der Waals surface area contributed by atoms with E-state index in [-0.39, 0.29) is 6.61 Å². The average Bonchev–Trinajstić information content (AvgIpc) is 2.26. The van der Waals surface area contributed by atoms with Crippen LogP contribution in [0.2, 0.25) is 5.02 Å². The van der Waals surface area contributed by atoms with Gasteiger partial charge in [-0.05, 0) is 17.7 Å². The van der Waals surface area contributed by atoms with Gasteiger partial charge in [-0.2, -0.15) is 0 Å². The number of aliphatic hydroxyl groups is 1. The van der Waals surface area contributed by atoms with E-state index in [1.54, 1.807) is 12.1 Å². The lowest BCUT2D eigenvalue weighted by atomic mass is 10.1. The largest absolute Gasteiger partial charge is 0.493 e. The minimum atomic E-state index is -0.470. The highest BCUT2D eigenvalue weighted by Gasteiger charge is 2.14. The molecular formula is C10H14ClNO3. The Morgan fingerprint density at radius 2 is 2.07 bits per heavy atom. The molecule has 3 N–H and O–H groups in total. The number of hydrogen-bond donors (Lipinski definition) is 2. The van der Waals surface area contributed by atoms with Crippen LogP contribution < -0.4 is 15.2 Å². The summed E-state index contributed by atoms with van der Waals surface area (Å²) in [6, 6.07) is 2.89. The molecule has 0 aliphatic heterocycles. The van der Waals surface area contributed by atoms with Gasteiger partial charge in [0, 0.05) is 0 Å². The van der Waals surface area contributed by atoms with Crippen LogP contribution >= 0.6 is 11.6 Å². The van der Waals surface area contributed by atoms with Crippen molar-refractivity contribution in [1.82, 2.24) is 0 Å². The number of rotatable bonds is 4. The van der Waals surface area contributed by atoms with E-state index in [4.69, 9.17) is 31.9 Å². The number of methoxy groups -OCH3 is 2. The van der Waals surface area contributed by atoms with E-state index in [0.717, 1.165) is 0 Å². The predicted octanol–water partition coefficient (Wildman–Crippen LogP) is 1.35. The third kappa shape index (κ3) is 2.53. The highest BCUT2D eigenvalue weighted by molar-refractivity contribution is 6.32. The van der Waals surface area contributed by atoms with Crippen molar-refractivity contribution in [3.05, 3.63) is 22.7 Å². The van der Waals surface area contributed by atoms with E-state index in [2.05, 4.69) is 0 Å². The zero-order chi connectivity index (χ0) is 11.4. The molecule has 0 saturated heterocycles. The van der Waals surface area contributed by atoms with Gasteiger partial charge in [0.15, 0.2) is 11.5 Å². The molecule has 1 atom stereocenters. The van der Waals surface area contributed by atoms with Crippen LogP contribution in [0.4, 0.5) is 0 Å². The van der Waals surface area contributed by atoms with Gasteiger partial charge >= 0.3 is 0 Å². The van der Waals surface area contributed by atoms with Crippen LogP contribution in [0.3, 0.4) is 0 Å². The molecule has 1 aromatic rings. The molecule has 5 heteroatoms. The molecular weight excluding hydrogens is 218 g/mol. The minimum Gasteiger partial charge on any atom is -0.493 e. The van der Waals surface area contributed by atoms with Crippen LogP contribution in [0.1, 0.15) is 11.6 Å². The molecule has 0 bridgehead atoms. The van der Waals surface area contributed by atoms with Crippen LogP contribution in [0, 0.1) is 0 Å². The summed E-state index contributed by atoms with van der Waals surface area (Å²) >= 11 is 5.97. The summed E-state index contributed by atoms with van der Waals surface area (Å²) in [6.07, 6.45) is 0.